The summed E-state index contributed by atoms with van der Waals surface area (Å²) in [5, 5.41) is 28.3. The maximum absolute atomic E-state index is 13.0. The Balaban J connectivity index is 1.35. The molecule has 0 aromatic carbocycles. The van der Waals surface area contributed by atoms with Crippen LogP contribution in [0.5, 0.6) is 0 Å². The molecule has 0 saturated carbocycles. The lowest BCUT2D eigenvalue weighted by Crippen LogP contribution is -2.50. The highest BCUT2D eigenvalue weighted by molar-refractivity contribution is 5.82. The molecule has 2 aromatic heterocycles. The lowest BCUT2D eigenvalue weighted by atomic mass is 9.95. The zero-order chi connectivity index (χ0) is 23.5. The van der Waals surface area contributed by atoms with Gasteiger partial charge in [-0.1, -0.05) is 30.3 Å². The van der Waals surface area contributed by atoms with E-state index in [1.54, 1.807) is 11.0 Å². The summed E-state index contributed by atoms with van der Waals surface area (Å²) in [5.41, 5.74) is 2.58. The first-order chi connectivity index (χ1) is 15.9. The second-order valence-corrected chi connectivity index (χ2v) is 8.93. The Morgan fingerprint density at radius 1 is 1.39 bits per heavy atom. The summed E-state index contributed by atoms with van der Waals surface area (Å²) in [6.45, 7) is 6.39. The third-order valence-corrected chi connectivity index (χ3v) is 6.51. The lowest BCUT2D eigenvalue weighted by Gasteiger charge is -2.32. The summed E-state index contributed by atoms with van der Waals surface area (Å²) in [6.07, 6.45) is 7.62. The van der Waals surface area contributed by atoms with Crippen LogP contribution in [0.25, 0.3) is 5.57 Å². The number of nitrogens with zero attached hydrogens (tertiary/aromatic N) is 3. The van der Waals surface area contributed by atoms with Crippen LogP contribution in [0.15, 0.2) is 39.6 Å². The van der Waals surface area contributed by atoms with Crippen LogP contribution >= 0.6 is 0 Å². The summed E-state index contributed by atoms with van der Waals surface area (Å²) in [6, 6.07) is 1.19. The Bertz CT molecular complexity index is 1030. The van der Waals surface area contributed by atoms with Crippen molar-refractivity contribution < 1.29 is 23.9 Å². The molecule has 178 valence electrons. The second kappa shape index (κ2) is 10.0. The average Bonchev–Trinajstić information content (AvgIpc) is 3.53. The van der Waals surface area contributed by atoms with Crippen molar-refractivity contribution in [2.45, 2.75) is 64.3 Å². The van der Waals surface area contributed by atoms with E-state index in [2.05, 4.69) is 27.6 Å². The molecule has 0 radical (unpaired) electrons. The maximum atomic E-state index is 13.0. The average molecular weight is 457 g/mol. The van der Waals surface area contributed by atoms with E-state index in [4.69, 9.17) is 8.94 Å². The highest BCUT2D eigenvalue weighted by Crippen LogP contribution is 2.31. The van der Waals surface area contributed by atoms with Gasteiger partial charge in [0.15, 0.2) is 12.2 Å². The van der Waals surface area contributed by atoms with E-state index in [1.165, 1.54) is 6.39 Å². The van der Waals surface area contributed by atoms with E-state index in [-0.39, 0.29) is 30.7 Å². The van der Waals surface area contributed by atoms with Gasteiger partial charge < -0.3 is 24.5 Å². The van der Waals surface area contributed by atoms with Crippen molar-refractivity contribution in [3.8, 4) is 0 Å². The zero-order valence-electron chi connectivity index (χ0n) is 19.3. The van der Waals surface area contributed by atoms with Crippen LogP contribution in [0.2, 0.25) is 0 Å². The number of carbonyl (C=O) groups excluding carboxylic acids is 1. The molecular formula is C24H32N4O5. The largest absolute Gasteiger partial charge is 0.443 e. The van der Waals surface area contributed by atoms with Crippen LogP contribution < -0.4 is 5.32 Å². The van der Waals surface area contributed by atoms with E-state index in [1.807, 2.05) is 26.8 Å². The third-order valence-electron chi connectivity index (χ3n) is 6.51. The number of oxazole rings is 1. The number of aliphatic hydroxyl groups is 2. The molecule has 33 heavy (non-hydrogen) atoms. The number of β-amino-alcohol motifs (C(OH)–C–C–N with tert-alkyl or cyclic N) is 1. The van der Waals surface area contributed by atoms with Crippen LogP contribution in [0.3, 0.4) is 0 Å². The highest BCUT2D eigenvalue weighted by Gasteiger charge is 2.42. The lowest BCUT2D eigenvalue weighted by molar-refractivity contribution is -0.130. The molecule has 2 aromatic rings. The fraction of sp³-hybridized carbons (Fsp3) is 0.542. The predicted octanol–water partition coefficient (Wildman–Crippen LogP) is 2.30. The minimum atomic E-state index is -0.958. The fourth-order valence-corrected chi connectivity index (χ4v) is 4.65. The van der Waals surface area contributed by atoms with Crippen molar-refractivity contribution in [3.05, 3.63) is 53.6 Å². The fourth-order valence-electron chi connectivity index (χ4n) is 4.65. The van der Waals surface area contributed by atoms with Crippen LogP contribution in [0, 0.1) is 19.8 Å². The first-order valence-corrected chi connectivity index (χ1v) is 11.5. The van der Waals surface area contributed by atoms with Gasteiger partial charge in [0.05, 0.1) is 29.5 Å². The van der Waals surface area contributed by atoms with Crippen LogP contribution in [0.1, 0.15) is 55.0 Å². The molecule has 0 spiro atoms. The van der Waals surface area contributed by atoms with Gasteiger partial charge in [0, 0.05) is 24.7 Å². The number of carbonyl (C=O) groups is 1. The summed E-state index contributed by atoms with van der Waals surface area (Å²) >= 11 is 0. The molecular weight excluding hydrogens is 424 g/mol. The van der Waals surface area contributed by atoms with Gasteiger partial charge in [0.25, 0.3) is 0 Å². The van der Waals surface area contributed by atoms with Gasteiger partial charge in [-0.05, 0) is 39.0 Å². The predicted molar refractivity (Wildman–Crippen MR) is 121 cm³/mol. The first kappa shape index (κ1) is 23.4. The van der Waals surface area contributed by atoms with Gasteiger partial charge in [-0.3, -0.25) is 9.69 Å². The Hall–Kier alpha value is -2.75. The first-order valence-electron chi connectivity index (χ1n) is 11.5. The number of aliphatic hydroxyl groups excluding tert-OH is 2. The number of allylic oxidation sites excluding steroid dienone is 3. The molecule has 2 aliphatic rings. The molecule has 1 saturated heterocycles. The number of amides is 1. The Labute approximate surface area is 193 Å². The molecule has 1 aliphatic carbocycles. The summed E-state index contributed by atoms with van der Waals surface area (Å²) in [5.74, 6) is 0.983. The molecule has 3 N–H and O–H groups in total. The van der Waals surface area contributed by atoms with Crippen molar-refractivity contribution >= 4 is 11.5 Å². The van der Waals surface area contributed by atoms with Crippen molar-refractivity contribution in [2.24, 2.45) is 5.92 Å². The van der Waals surface area contributed by atoms with Crippen molar-refractivity contribution in [1.82, 2.24) is 20.4 Å². The number of likely N-dealkylation sites (tertiary alicyclic amines) is 1. The minimum Gasteiger partial charge on any atom is -0.443 e. The van der Waals surface area contributed by atoms with E-state index in [0.29, 0.717) is 18.7 Å². The van der Waals surface area contributed by atoms with Gasteiger partial charge in [-0.15, -0.1) is 0 Å². The number of hydrogen-bond donors (Lipinski definition) is 3. The molecule has 4 rings (SSSR count). The molecule has 2 unspecified atom stereocenters. The smallest absolute Gasteiger partial charge is 0.237 e. The van der Waals surface area contributed by atoms with Crippen LogP contribution in [-0.4, -0.2) is 62.6 Å². The molecule has 0 bridgehead atoms. The SMILES string of the molecule is CC[C@H](c1cc(C)no1)C(O)N1C[C@H](O)C[C@H]1C(=O)NCC1C=CC(c2ocnc2C)=CC1. The minimum absolute atomic E-state index is 0.159. The number of aryl methyl sites for hydroxylation is 2. The van der Waals surface area contributed by atoms with Gasteiger partial charge in [-0.25, -0.2) is 4.98 Å². The van der Waals surface area contributed by atoms with E-state index >= 15 is 0 Å². The molecule has 1 fully saturated rings. The number of aromatic nitrogens is 2. The van der Waals surface area contributed by atoms with Gasteiger partial charge in [0.2, 0.25) is 5.91 Å². The molecule has 1 amide bonds. The van der Waals surface area contributed by atoms with E-state index in [9.17, 15) is 15.0 Å². The van der Waals surface area contributed by atoms with Crippen molar-refractivity contribution in [1.29, 1.82) is 0 Å². The van der Waals surface area contributed by atoms with Crippen LogP contribution in [0.4, 0.5) is 0 Å². The number of hydrogen-bond acceptors (Lipinski definition) is 8. The molecule has 1 aliphatic heterocycles. The number of nitrogens with one attached hydrogen (secondary N) is 1. The second-order valence-electron chi connectivity index (χ2n) is 8.93. The summed E-state index contributed by atoms with van der Waals surface area (Å²) in [4.78, 5) is 18.8. The van der Waals surface area contributed by atoms with Gasteiger partial charge in [0.1, 0.15) is 12.0 Å². The summed E-state index contributed by atoms with van der Waals surface area (Å²) in [7, 11) is 0. The molecule has 5 atom stereocenters. The van der Waals surface area contributed by atoms with Gasteiger partial charge in [-0.2, -0.15) is 0 Å². The van der Waals surface area contributed by atoms with E-state index in [0.717, 1.165) is 29.1 Å². The monoisotopic (exact) mass is 456 g/mol. The Kier molecular flexibility index (Phi) is 7.11. The van der Waals surface area contributed by atoms with Crippen molar-refractivity contribution in [3.63, 3.8) is 0 Å². The normalized spacial score (nSPS) is 25.1. The van der Waals surface area contributed by atoms with Gasteiger partial charge >= 0.3 is 0 Å². The topological polar surface area (TPSA) is 125 Å². The van der Waals surface area contributed by atoms with Crippen LogP contribution in [-0.2, 0) is 4.79 Å². The quantitative estimate of drug-likeness (QED) is 0.553. The molecule has 3 heterocycles. The highest BCUT2D eigenvalue weighted by atomic mass is 16.5. The Morgan fingerprint density at radius 3 is 2.82 bits per heavy atom. The zero-order valence-corrected chi connectivity index (χ0v) is 19.3. The van der Waals surface area contributed by atoms with E-state index < -0.39 is 18.4 Å². The molecule has 9 heteroatoms. The Morgan fingerprint density at radius 2 is 2.21 bits per heavy atom. The standard InChI is InChI=1S/C24H32N4O5/c1-4-19(21-9-14(2)27-33-21)24(31)28-12-18(29)10-20(28)23(30)25-11-16-5-7-17(8-6-16)22-15(3)26-13-32-22/h5,7-9,13,16,18-20,24,29,31H,4,6,10-12H2,1-3H3,(H,25,30)/t16?,18-,19-,20+,24?/m1/s1. The molecule has 9 nitrogen and oxygen atoms in total. The van der Waals surface area contributed by atoms with Crippen molar-refractivity contribution in [2.75, 3.05) is 13.1 Å². The summed E-state index contributed by atoms with van der Waals surface area (Å²) < 4.78 is 10.8. The third kappa shape index (κ3) is 5.10. The maximum Gasteiger partial charge on any atom is 0.237 e. The number of rotatable bonds is 8.